The maximum atomic E-state index is 12.7. The molecule has 0 atom stereocenters. The summed E-state index contributed by atoms with van der Waals surface area (Å²) in [4.78, 5) is 19.3. The fourth-order valence-electron chi connectivity index (χ4n) is 2.82. The number of halogens is 1. The van der Waals surface area contributed by atoms with Crippen molar-refractivity contribution in [3.8, 4) is 0 Å². The van der Waals surface area contributed by atoms with E-state index in [-0.39, 0.29) is 11.3 Å². The third kappa shape index (κ3) is 3.82. The molecule has 3 nitrogen and oxygen atoms in total. The van der Waals surface area contributed by atoms with Crippen LogP contribution in [0.15, 0.2) is 29.3 Å². The van der Waals surface area contributed by atoms with E-state index in [1.165, 1.54) is 23.4 Å². The van der Waals surface area contributed by atoms with Crippen molar-refractivity contribution >= 4 is 39.8 Å². The SMILES string of the molecule is Cc1c(C(C)(C)C)sc(=NC(=O)c2ccccc2I)n1CC1CC1. The minimum atomic E-state index is -0.147. The van der Waals surface area contributed by atoms with Gasteiger partial charge in [0, 0.05) is 20.7 Å². The van der Waals surface area contributed by atoms with E-state index in [2.05, 4.69) is 59.8 Å². The van der Waals surface area contributed by atoms with Crippen molar-refractivity contribution in [2.75, 3.05) is 0 Å². The Morgan fingerprint density at radius 3 is 2.58 bits per heavy atom. The van der Waals surface area contributed by atoms with Crippen molar-refractivity contribution in [3.05, 3.63) is 48.8 Å². The Bertz CT molecular complexity index is 838. The molecule has 0 unspecified atom stereocenters. The fourth-order valence-corrected chi connectivity index (χ4v) is 4.64. The van der Waals surface area contributed by atoms with Gasteiger partial charge in [0.25, 0.3) is 5.91 Å². The molecule has 0 radical (unpaired) electrons. The Morgan fingerprint density at radius 1 is 1.33 bits per heavy atom. The van der Waals surface area contributed by atoms with Crippen LogP contribution in [0, 0.1) is 16.4 Å². The van der Waals surface area contributed by atoms with Crippen LogP contribution in [0.25, 0.3) is 0 Å². The Balaban J connectivity index is 2.08. The van der Waals surface area contributed by atoms with Crippen molar-refractivity contribution in [1.29, 1.82) is 0 Å². The molecular weight excluding hydrogens is 431 g/mol. The van der Waals surface area contributed by atoms with E-state index in [4.69, 9.17) is 0 Å². The van der Waals surface area contributed by atoms with E-state index in [0.29, 0.717) is 5.56 Å². The largest absolute Gasteiger partial charge is 0.320 e. The highest BCUT2D eigenvalue weighted by Gasteiger charge is 2.27. The summed E-state index contributed by atoms with van der Waals surface area (Å²) in [6.45, 7) is 9.81. The highest BCUT2D eigenvalue weighted by atomic mass is 127. The lowest BCUT2D eigenvalue weighted by Crippen LogP contribution is -2.20. The van der Waals surface area contributed by atoms with Gasteiger partial charge < -0.3 is 4.57 Å². The quantitative estimate of drug-likeness (QED) is 0.607. The zero-order chi connectivity index (χ0) is 17.5. The van der Waals surface area contributed by atoms with Crippen molar-refractivity contribution in [2.24, 2.45) is 10.9 Å². The van der Waals surface area contributed by atoms with Gasteiger partial charge >= 0.3 is 0 Å². The first kappa shape index (κ1) is 17.9. The first-order valence-electron chi connectivity index (χ1n) is 8.31. The summed E-state index contributed by atoms with van der Waals surface area (Å²) in [5.74, 6) is 0.600. The van der Waals surface area contributed by atoms with Crippen LogP contribution in [0.4, 0.5) is 0 Å². The number of aromatic nitrogens is 1. The standard InChI is InChI=1S/C19H23IN2OS/c1-12-16(19(2,3)4)24-18(22(12)11-13-9-10-13)21-17(23)14-7-5-6-8-15(14)20/h5-8,13H,9-11H2,1-4H3. The maximum Gasteiger partial charge on any atom is 0.280 e. The molecule has 0 bridgehead atoms. The van der Waals surface area contributed by atoms with E-state index >= 15 is 0 Å². The Labute approximate surface area is 161 Å². The normalized spacial score (nSPS) is 15.8. The van der Waals surface area contributed by atoms with E-state index in [1.54, 1.807) is 11.3 Å². The zero-order valence-corrected chi connectivity index (χ0v) is 17.6. The van der Waals surface area contributed by atoms with E-state index in [1.807, 2.05) is 24.3 Å². The molecule has 1 aliphatic carbocycles. The summed E-state index contributed by atoms with van der Waals surface area (Å²) in [5, 5.41) is 0. The third-order valence-electron chi connectivity index (χ3n) is 4.28. The van der Waals surface area contributed by atoms with E-state index in [9.17, 15) is 4.79 Å². The second-order valence-corrected chi connectivity index (χ2v) is 9.64. The first-order valence-corrected chi connectivity index (χ1v) is 10.2. The van der Waals surface area contributed by atoms with Crippen LogP contribution in [-0.4, -0.2) is 10.5 Å². The zero-order valence-electron chi connectivity index (χ0n) is 14.6. The monoisotopic (exact) mass is 454 g/mol. The molecule has 1 aromatic carbocycles. The van der Waals surface area contributed by atoms with Gasteiger partial charge in [-0.05, 0) is 65.8 Å². The Hall–Kier alpha value is -0.950. The molecule has 2 aromatic rings. The highest BCUT2D eigenvalue weighted by Crippen LogP contribution is 2.33. The van der Waals surface area contributed by atoms with Crippen LogP contribution in [0.2, 0.25) is 0 Å². The maximum absolute atomic E-state index is 12.7. The number of carbonyl (C=O) groups is 1. The van der Waals surface area contributed by atoms with Gasteiger partial charge in [-0.15, -0.1) is 11.3 Å². The van der Waals surface area contributed by atoms with Crippen LogP contribution in [-0.2, 0) is 12.0 Å². The van der Waals surface area contributed by atoms with Crippen LogP contribution < -0.4 is 4.80 Å². The predicted molar refractivity (Wildman–Crippen MR) is 108 cm³/mol. The summed E-state index contributed by atoms with van der Waals surface area (Å²) in [7, 11) is 0. The van der Waals surface area contributed by atoms with Gasteiger partial charge in [-0.25, -0.2) is 0 Å². The summed E-state index contributed by atoms with van der Waals surface area (Å²) in [5.41, 5.74) is 2.01. The number of thiazole rings is 1. The molecule has 1 amide bonds. The number of hydrogen-bond acceptors (Lipinski definition) is 2. The average molecular weight is 454 g/mol. The van der Waals surface area contributed by atoms with Crippen molar-refractivity contribution in [3.63, 3.8) is 0 Å². The summed E-state index contributed by atoms with van der Waals surface area (Å²) >= 11 is 3.86. The van der Waals surface area contributed by atoms with Gasteiger partial charge in [0.15, 0.2) is 4.80 Å². The number of hydrogen-bond donors (Lipinski definition) is 0. The van der Waals surface area contributed by atoms with Gasteiger partial charge in [0.1, 0.15) is 0 Å². The van der Waals surface area contributed by atoms with Gasteiger partial charge in [-0.1, -0.05) is 32.9 Å². The number of carbonyl (C=O) groups excluding carboxylic acids is 1. The number of benzene rings is 1. The Morgan fingerprint density at radius 2 is 2.00 bits per heavy atom. The number of amides is 1. The molecule has 1 fully saturated rings. The molecule has 128 valence electrons. The lowest BCUT2D eigenvalue weighted by atomic mass is 9.93. The van der Waals surface area contributed by atoms with E-state index in [0.717, 1.165) is 20.8 Å². The van der Waals surface area contributed by atoms with Crippen LogP contribution in [0.3, 0.4) is 0 Å². The van der Waals surface area contributed by atoms with Crippen LogP contribution >= 0.6 is 33.9 Å². The molecule has 24 heavy (non-hydrogen) atoms. The average Bonchev–Trinajstić information content (AvgIpc) is 3.26. The van der Waals surface area contributed by atoms with Crippen LogP contribution in [0.1, 0.15) is 54.5 Å². The van der Waals surface area contributed by atoms with Gasteiger partial charge in [0.2, 0.25) is 0 Å². The van der Waals surface area contributed by atoms with Gasteiger partial charge in [0.05, 0.1) is 5.56 Å². The predicted octanol–water partition coefficient (Wildman–Crippen LogP) is 4.91. The second kappa shape index (κ2) is 6.75. The molecule has 1 aliphatic rings. The molecule has 5 heteroatoms. The lowest BCUT2D eigenvalue weighted by molar-refractivity contribution is 0.0997. The Kier molecular flexibility index (Phi) is 5.02. The fraction of sp³-hybridized carbons (Fsp3) is 0.474. The van der Waals surface area contributed by atoms with Gasteiger partial charge in [-0.3, -0.25) is 4.79 Å². The first-order chi connectivity index (χ1) is 11.3. The van der Waals surface area contributed by atoms with Gasteiger partial charge in [-0.2, -0.15) is 4.99 Å². The van der Waals surface area contributed by atoms with Crippen molar-refractivity contribution in [2.45, 2.75) is 52.5 Å². The summed E-state index contributed by atoms with van der Waals surface area (Å²) < 4.78 is 3.21. The smallest absolute Gasteiger partial charge is 0.280 e. The van der Waals surface area contributed by atoms with E-state index < -0.39 is 0 Å². The molecule has 1 aromatic heterocycles. The molecule has 0 N–H and O–H groups in total. The summed E-state index contributed by atoms with van der Waals surface area (Å²) in [6, 6.07) is 7.63. The third-order valence-corrected chi connectivity index (χ3v) is 6.82. The van der Waals surface area contributed by atoms with Crippen molar-refractivity contribution < 1.29 is 4.79 Å². The molecule has 3 rings (SSSR count). The lowest BCUT2D eigenvalue weighted by Gasteiger charge is -2.17. The highest BCUT2D eigenvalue weighted by molar-refractivity contribution is 14.1. The second-order valence-electron chi connectivity index (χ2n) is 7.50. The number of nitrogens with zero attached hydrogens (tertiary/aromatic N) is 2. The molecule has 0 saturated heterocycles. The minimum Gasteiger partial charge on any atom is -0.320 e. The molecule has 1 heterocycles. The molecular formula is C19H23IN2OS. The number of rotatable bonds is 3. The van der Waals surface area contributed by atoms with Crippen LogP contribution in [0.5, 0.6) is 0 Å². The molecule has 0 spiro atoms. The van der Waals surface area contributed by atoms with Crippen molar-refractivity contribution in [1.82, 2.24) is 4.57 Å². The molecule has 1 saturated carbocycles. The topological polar surface area (TPSA) is 34.4 Å². The summed E-state index contributed by atoms with van der Waals surface area (Å²) in [6.07, 6.45) is 2.58. The minimum absolute atomic E-state index is 0.0675. The molecule has 0 aliphatic heterocycles.